The van der Waals surface area contributed by atoms with E-state index in [1.54, 1.807) is 24.3 Å². The number of benzene rings is 1. The van der Waals surface area contributed by atoms with Crippen LogP contribution < -0.4 is 5.32 Å². The summed E-state index contributed by atoms with van der Waals surface area (Å²) in [4.78, 5) is 11.7. The molecule has 1 rings (SSSR count). The van der Waals surface area contributed by atoms with Crippen LogP contribution in [0.1, 0.15) is 32.3 Å². The van der Waals surface area contributed by atoms with E-state index < -0.39 is 5.60 Å². The van der Waals surface area contributed by atoms with E-state index in [4.69, 9.17) is 23.2 Å². The van der Waals surface area contributed by atoms with E-state index in [1.807, 2.05) is 13.8 Å². The van der Waals surface area contributed by atoms with E-state index in [-0.39, 0.29) is 12.5 Å². The molecule has 0 saturated carbocycles. The van der Waals surface area contributed by atoms with Crippen molar-refractivity contribution < 1.29 is 9.90 Å². The van der Waals surface area contributed by atoms with Crippen molar-refractivity contribution in [1.29, 1.82) is 0 Å². The van der Waals surface area contributed by atoms with E-state index >= 15 is 0 Å². The van der Waals surface area contributed by atoms with Gasteiger partial charge in [0.2, 0.25) is 5.91 Å². The van der Waals surface area contributed by atoms with Gasteiger partial charge in [0.1, 0.15) is 0 Å². The molecule has 0 fully saturated rings. The molecule has 0 bridgehead atoms. The van der Waals surface area contributed by atoms with Gasteiger partial charge >= 0.3 is 0 Å². The van der Waals surface area contributed by atoms with Crippen molar-refractivity contribution in [3.63, 3.8) is 0 Å². The number of aliphatic hydroxyl groups is 1. The third kappa shape index (κ3) is 5.16. The lowest BCUT2D eigenvalue weighted by Gasteiger charge is -2.24. The SMILES string of the molecule is CCC(O)(CC)CNC(=O)C=Cc1ccc(Cl)cc1Cl. The number of carbonyl (C=O) groups excluding carboxylic acids is 1. The van der Waals surface area contributed by atoms with Gasteiger partial charge in [-0.15, -0.1) is 0 Å². The zero-order valence-corrected chi connectivity index (χ0v) is 13.1. The molecule has 5 heteroatoms. The maximum Gasteiger partial charge on any atom is 0.244 e. The summed E-state index contributed by atoms with van der Waals surface area (Å²) < 4.78 is 0. The van der Waals surface area contributed by atoms with Gasteiger partial charge in [-0.05, 0) is 36.6 Å². The first-order valence-electron chi connectivity index (χ1n) is 6.53. The minimum Gasteiger partial charge on any atom is -0.388 e. The summed E-state index contributed by atoms with van der Waals surface area (Å²) in [6.07, 6.45) is 4.19. The normalized spacial score (nSPS) is 11.8. The van der Waals surface area contributed by atoms with Crippen molar-refractivity contribution in [3.8, 4) is 0 Å². The van der Waals surface area contributed by atoms with Gasteiger partial charge in [-0.2, -0.15) is 0 Å². The first kappa shape index (κ1) is 17.0. The van der Waals surface area contributed by atoms with E-state index in [2.05, 4.69) is 5.32 Å². The molecular weight excluding hydrogens is 297 g/mol. The second-order valence-corrected chi connectivity index (χ2v) is 5.49. The number of halogens is 2. The van der Waals surface area contributed by atoms with Gasteiger partial charge in [0.25, 0.3) is 0 Å². The zero-order valence-electron chi connectivity index (χ0n) is 11.6. The molecule has 0 aliphatic carbocycles. The molecule has 1 aromatic carbocycles. The third-order valence-electron chi connectivity index (χ3n) is 3.28. The second kappa shape index (κ2) is 7.67. The van der Waals surface area contributed by atoms with Crippen LogP contribution >= 0.6 is 23.2 Å². The number of amides is 1. The Hall–Kier alpha value is -1.03. The fourth-order valence-corrected chi connectivity index (χ4v) is 2.08. The maximum atomic E-state index is 11.7. The highest BCUT2D eigenvalue weighted by Gasteiger charge is 2.22. The Kier molecular flexibility index (Phi) is 6.53. The third-order valence-corrected chi connectivity index (χ3v) is 3.85. The Morgan fingerprint density at radius 1 is 1.35 bits per heavy atom. The fraction of sp³-hybridized carbons (Fsp3) is 0.400. The van der Waals surface area contributed by atoms with Crippen LogP contribution in [-0.2, 0) is 4.79 Å². The van der Waals surface area contributed by atoms with Gasteiger partial charge in [0.05, 0.1) is 5.60 Å². The van der Waals surface area contributed by atoms with Crippen molar-refractivity contribution in [1.82, 2.24) is 5.32 Å². The standard InChI is InChI=1S/C15H19Cl2NO2/c1-3-15(20,4-2)10-18-14(19)8-6-11-5-7-12(16)9-13(11)17/h5-9,20H,3-4,10H2,1-2H3,(H,18,19). The smallest absolute Gasteiger partial charge is 0.244 e. The van der Waals surface area contributed by atoms with Crippen LogP contribution in [0.25, 0.3) is 6.08 Å². The number of rotatable bonds is 6. The molecule has 0 aromatic heterocycles. The molecule has 2 N–H and O–H groups in total. The number of carbonyl (C=O) groups is 1. The highest BCUT2D eigenvalue weighted by Crippen LogP contribution is 2.21. The first-order chi connectivity index (χ1) is 9.40. The van der Waals surface area contributed by atoms with E-state index in [0.29, 0.717) is 28.5 Å². The second-order valence-electron chi connectivity index (χ2n) is 4.65. The van der Waals surface area contributed by atoms with Crippen LogP contribution in [0.15, 0.2) is 24.3 Å². The van der Waals surface area contributed by atoms with Crippen molar-refractivity contribution in [2.75, 3.05) is 6.54 Å². The van der Waals surface area contributed by atoms with Crippen molar-refractivity contribution in [3.05, 3.63) is 39.9 Å². The van der Waals surface area contributed by atoms with E-state index in [9.17, 15) is 9.90 Å². The molecule has 3 nitrogen and oxygen atoms in total. The molecule has 0 atom stereocenters. The van der Waals surface area contributed by atoms with Gasteiger partial charge in [-0.25, -0.2) is 0 Å². The van der Waals surface area contributed by atoms with Crippen LogP contribution in [0.5, 0.6) is 0 Å². The molecule has 0 radical (unpaired) electrons. The minimum atomic E-state index is -0.846. The summed E-state index contributed by atoms with van der Waals surface area (Å²) in [6, 6.07) is 5.06. The van der Waals surface area contributed by atoms with Crippen molar-refractivity contribution in [2.45, 2.75) is 32.3 Å². The van der Waals surface area contributed by atoms with Crippen LogP contribution in [0.2, 0.25) is 10.0 Å². The van der Waals surface area contributed by atoms with Crippen LogP contribution in [0.4, 0.5) is 0 Å². The molecular formula is C15H19Cl2NO2. The molecule has 1 aromatic rings. The summed E-state index contributed by atoms with van der Waals surface area (Å²) in [5.74, 6) is -0.267. The van der Waals surface area contributed by atoms with Gasteiger partial charge in [-0.1, -0.05) is 43.1 Å². The van der Waals surface area contributed by atoms with Gasteiger partial charge in [-0.3, -0.25) is 4.79 Å². The quantitative estimate of drug-likeness (QED) is 0.787. The molecule has 0 spiro atoms. The lowest BCUT2D eigenvalue weighted by Crippen LogP contribution is -2.41. The zero-order chi connectivity index (χ0) is 15.2. The van der Waals surface area contributed by atoms with Crippen LogP contribution in [0.3, 0.4) is 0 Å². The van der Waals surface area contributed by atoms with Gasteiger partial charge in [0, 0.05) is 22.7 Å². The molecule has 0 aliphatic heterocycles. The monoisotopic (exact) mass is 315 g/mol. The Balaban J connectivity index is 2.60. The molecule has 0 aliphatic rings. The number of hydrogen-bond acceptors (Lipinski definition) is 2. The molecule has 110 valence electrons. The Morgan fingerprint density at radius 3 is 2.55 bits per heavy atom. The summed E-state index contributed by atoms with van der Waals surface area (Å²) in [5, 5.41) is 13.8. The summed E-state index contributed by atoms with van der Waals surface area (Å²) in [6.45, 7) is 4.01. The predicted octanol–water partition coefficient (Wildman–Crippen LogP) is 3.67. The lowest BCUT2D eigenvalue weighted by molar-refractivity contribution is -0.117. The maximum absolute atomic E-state index is 11.7. The molecule has 1 amide bonds. The lowest BCUT2D eigenvalue weighted by atomic mass is 9.98. The first-order valence-corrected chi connectivity index (χ1v) is 7.29. The van der Waals surface area contributed by atoms with Crippen molar-refractivity contribution >= 4 is 35.2 Å². The number of hydrogen-bond donors (Lipinski definition) is 2. The average molecular weight is 316 g/mol. The minimum absolute atomic E-state index is 0.234. The summed E-state index contributed by atoms with van der Waals surface area (Å²) in [5.41, 5.74) is -0.131. The Bertz CT molecular complexity index is 497. The molecule has 20 heavy (non-hydrogen) atoms. The molecule has 0 heterocycles. The van der Waals surface area contributed by atoms with Crippen LogP contribution in [-0.4, -0.2) is 23.2 Å². The fourth-order valence-electron chi connectivity index (χ4n) is 1.61. The van der Waals surface area contributed by atoms with Crippen molar-refractivity contribution in [2.24, 2.45) is 0 Å². The van der Waals surface area contributed by atoms with E-state index in [0.717, 1.165) is 0 Å². The highest BCUT2D eigenvalue weighted by atomic mass is 35.5. The summed E-state index contributed by atoms with van der Waals surface area (Å²) >= 11 is 11.8. The topological polar surface area (TPSA) is 49.3 Å². The highest BCUT2D eigenvalue weighted by molar-refractivity contribution is 6.35. The Morgan fingerprint density at radius 2 is 2.00 bits per heavy atom. The van der Waals surface area contributed by atoms with Gasteiger partial charge in [0.15, 0.2) is 0 Å². The average Bonchev–Trinajstić information content (AvgIpc) is 2.44. The largest absolute Gasteiger partial charge is 0.388 e. The Labute approximate surface area is 129 Å². The number of nitrogens with one attached hydrogen (secondary N) is 1. The van der Waals surface area contributed by atoms with E-state index in [1.165, 1.54) is 6.08 Å². The van der Waals surface area contributed by atoms with Crippen LogP contribution in [0, 0.1) is 0 Å². The predicted molar refractivity (Wildman–Crippen MR) is 84.0 cm³/mol. The summed E-state index contributed by atoms with van der Waals surface area (Å²) in [7, 11) is 0. The molecule has 0 saturated heterocycles. The molecule has 0 unspecified atom stereocenters. The van der Waals surface area contributed by atoms with Gasteiger partial charge < -0.3 is 10.4 Å².